The number of nitrogens with zero attached hydrogens (tertiary/aromatic N) is 2. The molecule has 2 heterocycles. The zero-order valence-electron chi connectivity index (χ0n) is 20.2. The van der Waals surface area contributed by atoms with Crippen LogP contribution in [0.15, 0.2) is 48.8 Å². The van der Waals surface area contributed by atoms with Crippen LogP contribution in [0.4, 0.5) is 18.0 Å². The number of rotatable bonds is 7. The molecule has 2 aromatic heterocycles. The van der Waals surface area contributed by atoms with Crippen molar-refractivity contribution < 1.29 is 37.0 Å². The Morgan fingerprint density at radius 1 is 1.08 bits per heavy atom. The van der Waals surface area contributed by atoms with Crippen LogP contribution in [-0.2, 0) is 26.9 Å². The van der Waals surface area contributed by atoms with Crippen LogP contribution in [-0.4, -0.2) is 40.3 Å². The SMILES string of the molecule is CCOC(=O)C(Cc1ccc(Oc2nc(C(F)(F)F)cc3ccncc23)cc1)NC(=O)OC(C)(C)C. The lowest BCUT2D eigenvalue weighted by Gasteiger charge is -2.23. The van der Waals surface area contributed by atoms with Crippen molar-refractivity contribution in [3.05, 3.63) is 60.0 Å². The predicted octanol–water partition coefficient (Wildman–Crippen LogP) is 5.44. The van der Waals surface area contributed by atoms with Crippen molar-refractivity contribution in [2.75, 3.05) is 6.61 Å². The average molecular weight is 505 g/mol. The monoisotopic (exact) mass is 505 g/mol. The van der Waals surface area contributed by atoms with Gasteiger partial charge in [0.05, 0.1) is 12.0 Å². The zero-order chi connectivity index (χ0) is 26.5. The molecule has 1 N–H and O–H groups in total. The smallest absolute Gasteiger partial charge is 0.433 e. The van der Waals surface area contributed by atoms with Gasteiger partial charge in [-0.25, -0.2) is 14.6 Å². The van der Waals surface area contributed by atoms with Crippen molar-refractivity contribution in [3.63, 3.8) is 0 Å². The van der Waals surface area contributed by atoms with Crippen LogP contribution in [0.1, 0.15) is 39.0 Å². The number of benzene rings is 1. The second-order valence-electron chi connectivity index (χ2n) is 8.81. The molecule has 8 nitrogen and oxygen atoms in total. The van der Waals surface area contributed by atoms with Crippen molar-refractivity contribution in [3.8, 4) is 11.6 Å². The van der Waals surface area contributed by atoms with Gasteiger partial charge in [0.1, 0.15) is 23.1 Å². The van der Waals surface area contributed by atoms with Gasteiger partial charge in [0.25, 0.3) is 0 Å². The van der Waals surface area contributed by atoms with E-state index in [0.29, 0.717) is 10.9 Å². The second-order valence-corrected chi connectivity index (χ2v) is 8.81. The molecule has 11 heteroatoms. The summed E-state index contributed by atoms with van der Waals surface area (Å²) in [4.78, 5) is 32.1. The molecule has 0 spiro atoms. The van der Waals surface area contributed by atoms with Crippen molar-refractivity contribution in [2.24, 2.45) is 0 Å². The Labute approximate surface area is 205 Å². The quantitative estimate of drug-likeness (QED) is 0.427. The minimum Gasteiger partial charge on any atom is -0.464 e. The number of hydrogen-bond acceptors (Lipinski definition) is 7. The third-order valence-corrected chi connectivity index (χ3v) is 4.73. The normalized spacial score (nSPS) is 12.6. The lowest BCUT2D eigenvalue weighted by Crippen LogP contribution is -2.45. The molecule has 3 aromatic rings. The summed E-state index contributed by atoms with van der Waals surface area (Å²) in [6.07, 6.45) is -2.57. The number of ether oxygens (including phenoxy) is 3. The molecular formula is C25H26F3N3O5. The minimum absolute atomic E-state index is 0.0903. The van der Waals surface area contributed by atoms with Crippen LogP contribution in [0.25, 0.3) is 10.8 Å². The van der Waals surface area contributed by atoms with E-state index in [4.69, 9.17) is 14.2 Å². The maximum atomic E-state index is 13.3. The highest BCUT2D eigenvalue weighted by atomic mass is 19.4. The van der Waals surface area contributed by atoms with Crippen molar-refractivity contribution in [1.82, 2.24) is 15.3 Å². The number of aromatic nitrogens is 2. The lowest BCUT2D eigenvalue weighted by atomic mass is 10.1. The Morgan fingerprint density at radius 2 is 1.78 bits per heavy atom. The first-order chi connectivity index (χ1) is 16.9. The standard InChI is InChI=1S/C25H26F3N3O5/c1-5-34-22(32)19(30-23(33)36-24(2,3)4)12-15-6-8-17(9-7-15)35-21-18-14-29-11-10-16(18)13-20(31-21)25(26,27)28/h6-11,13-14,19H,5,12H2,1-4H3,(H,30,33). The van der Waals surface area contributed by atoms with Gasteiger partial charge in [-0.1, -0.05) is 12.1 Å². The average Bonchev–Trinajstić information content (AvgIpc) is 2.78. The topological polar surface area (TPSA) is 99.6 Å². The Balaban J connectivity index is 1.80. The van der Waals surface area contributed by atoms with E-state index in [0.717, 1.165) is 6.07 Å². The van der Waals surface area contributed by atoms with Crippen molar-refractivity contribution in [1.29, 1.82) is 0 Å². The Kier molecular flexibility index (Phi) is 8.01. The number of carbonyl (C=O) groups is 2. The van der Waals surface area contributed by atoms with Gasteiger partial charge in [0.2, 0.25) is 5.88 Å². The molecule has 0 aliphatic rings. The van der Waals surface area contributed by atoms with E-state index in [-0.39, 0.29) is 30.0 Å². The van der Waals surface area contributed by atoms with E-state index in [2.05, 4.69) is 15.3 Å². The lowest BCUT2D eigenvalue weighted by molar-refractivity contribution is -0.145. The first-order valence-corrected chi connectivity index (χ1v) is 11.1. The summed E-state index contributed by atoms with van der Waals surface area (Å²) in [6.45, 7) is 6.87. The number of amides is 1. The highest BCUT2D eigenvalue weighted by molar-refractivity contribution is 5.86. The zero-order valence-corrected chi connectivity index (χ0v) is 20.2. The van der Waals surface area contributed by atoms with Gasteiger partial charge in [0.15, 0.2) is 0 Å². The molecule has 0 aliphatic carbocycles. The Hall–Kier alpha value is -3.89. The Morgan fingerprint density at radius 3 is 2.39 bits per heavy atom. The van der Waals surface area contributed by atoms with E-state index in [1.54, 1.807) is 39.8 Å². The van der Waals surface area contributed by atoms with E-state index >= 15 is 0 Å². The number of carbonyl (C=O) groups excluding carboxylic acids is 2. The minimum atomic E-state index is -4.65. The summed E-state index contributed by atoms with van der Waals surface area (Å²) < 4.78 is 55.8. The summed E-state index contributed by atoms with van der Waals surface area (Å²) in [5.41, 5.74) is -1.20. The number of alkyl carbamates (subject to hydrolysis) is 1. The van der Waals surface area contributed by atoms with Crippen molar-refractivity contribution >= 4 is 22.8 Å². The number of nitrogens with one attached hydrogen (secondary N) is 1. The third-order valence-electron chi connectivity index (χ3n) is 4.73. The van der Waals surface area contributed by atoms with E-state index in [1.165, 1.54) is 30.6 Å². The molecule has 192 valence electrons. The number of hydrogen-bond donors (Lipinski definition) is 1. The third kappa shape index (κ3) is 7.30. The van der Waals surface area contributed by atoms with Gasteiger partial charge in [-0.05, 0) is 62.9 Å². The van der Waals surface area contributed by atoms with Crippen LogP contribution in [0, 0.1) is 0 Å². The highest BCUT2D eigenvalue weighted by Crippen LogP contribution is 2.35. The number of esters is 1. The molecule has 1 unspecified atom stereocenters. The van der Waals surface area contributed by atoms with Gasteiger partial charge in [-0.2, -0.15) is 13.2 Å². The van der Waals surface area contributed by atoms with Crippen LogP contribution >= 0.6 is 0 Å². The largest absolute Gasteiger partial charge is 0.464 e. The fourth-order valence-electron chi connectivity index (χ4n) is 3.21. The summed E-state index contributed by atoms with van der Waals surface area (Å²) in [5, 5.41) is 3.11. The molecule has 0 saturated carbocycles. The highest BCUT2D eigenvalue weighted by Gasteiger charge is 2.34. The van der Waals surface area contributed by atoms with Crippen LogP contribution in [0.5, 0.6) is 11.6 Å². The molecule has 1 atom stereocenters. The summed E-state index contributed by atoms with van der Waals surface area (Å²) >= 11 is 0. The van der Waals surface area contributed by atoms with E-state index in [9.17, 15) is 22.8 Å². The maximum absolute atomic E-state index is 13.3. The molecular weight excluding hydrogens is 479 g/mol. The molecule has 0 radical (unpaired) electrons. The fraction of sp³-hybridized carbons (Fsp3) is 0.360. The molecule has 0 bridgehead atoms. The van der Waals surface area contributed by atoms with Crippen LogP contribution < -0.4 is 10.1 Å². The second kappa shape index (κ2) is 10.8. The molecule has 3 rings (SSSR count). The Bertz CT molecular complexity index is 1220. The first-order valence-electron chi connectivity index (χ1n) is 11.1. The van der Waals surface area contributed by atoms with Crippen LogP contribution in [0.2, 0.25) is 0 Å². The van der Waals surface area contributed by atoms with Gasteiger partial charge in [-0.15, -0.1) is 0 Å². The molecule has 36 heavy (non-hydrogen) atoms. The van der Waals surface area contributed by atoms with E-state index < -0.39 is 35.6 Å². The number of pyridine rings is 2. The summed E-state index contributed by atoms with van der Waals surface area (Å²) in [7, 11) is 0. The number of halogens is 3. The molecule has 0 aliphatic heterocycles. The number of fused-ring (bicyclic) bond motifs is 1. The van der Waals surface area contributed by atoms with Gasteiger partial charge in [0, 0.05) is 18.8 Å². The molecule has 0 saturated heterocycles. The fourth-order valence-corrected chi connectivity index (χ4v) is 3.21. The molecule has 1 amide bonds. The summed E-state index contributed by atoms with van der Waals surface area (Å²) in [6, 6.07) is 7.64. The summed E-state index contributed by atoms with van der Waals surface area (Å²) in [5.74, 6) is -0.643. The van der Waals surface area contributed by atoms with E-state index in [1.807, 2.05) is 0 Å². The van der Waals surface area contributed by atoms with Gasteiger partial charge in [-0.3, -0.25) is 4.98 Å². The van der Waals surface area contributed by atoms with Gasteiger partial charge >= 0.3 is 18.2 Å². The van der Waals surface area contributed by atoms with Crippen molar-refractivity contribution in [2.45, 2.75) is 51.9 Å². The maximum Gasteiger partial charge on any atom is 0.433 e. The molecule has 1 aromatic carbocycles. The van der Waals surface area contributed by atoms with Crippen LogP contribution in [0.3, 0.4) is 0 Å². The van der Waals surface area contributed by atoms with Gasteiger partial charge < -0.3 is 19.5 Å². The predicted molar refractivity (Wildman–Crippen MR) is 125 cm³/mol. The number of alkyl halides is 3. The first kappa shape index (κ1) is 26.7. The molecule has 0 fully saturated rings.